The fourth-order valence-corrected chi connectivity index (χ4v) is 2.88. The minimum absolute atomic E-state index is 0.0828. The lowest BCUT2D eigenvalue weighted by molar-refractivity contribution is -0.141. The number of aliphatic carboxylic acids is 1. The lowest BCUT2D eigenvalue weighted by Gasteiger charge is -2.37. The maximum atomic E-state index is 11.8. The number of para-hydroxylation sites is 1. The molecular weight excluding hydrogens is 260 g/mol. The number of rotatable bonds is 2. The smallest absolute Gasteiger partial charge is 0.308 e. The number of amides is 2. The number of carbonyl (C=O) groups is 3. The van der Waals surface area contributed by atoms with E-state index in [1.165, 1.54) is 0 Å². The van der Waals surface area contributed by atoms with Crippen LogP contribution in [-0.2, 0) is 20.8 Å². The largest absolute Gasteiger partial charge is 0.481 e. The van der Waals surface area contributed by atoms with Crippen molar-refractivity contribution in [3.05, 3.63) is 29.8 Å². The molecular formula is C14H14N2O4. The molecule has 2 atom stereocenters. The Morgan fingerprint density at radius 3 is 2.65 bits per heavy atom. The van der Waals surface area contributed by atoms with Crippen molar-refractivity contribution in [2.45, 2.75) is 18.9 Å². The summed E-state index contributed by atoms with van der Waals surface area (Å²) >= 11 is 0. The first-order valence-corrected chi connectivity index (χ1v) is 6.47. The molecule has 3 rings (SSSR count). The van der Waals surface area contributed by atoms with E-state index in [4.69, 9.17) is 0 Å². The highest BCUT2D eigenvalue weighted by Gasteiger charge is 2.40. The van der Waals surface area contributed by atoms with Crippen molar-refractivity contribution < 1.29 is 19.5 Å². The van der Waals surface area contributed by atoms with Crippen molar-refractivity contribution in [3.63, 3.8) is 0 Å². The van der Waals surface area contributed by atoms with Crippen molar-refractivity contribution in [1.29, 1.82) is 0 Å². The van der Waals surface area contributed by atoms with Gasteiger partial charge in [-0.25, -0.2) is 0 Å². The van der Waals surface area contributed by atoms with Crippen LogP contribution in [0, 0.1) is 5.92 Å². The number of carbonyl (C=O) groups excluding carboxylic acids is 2. The van der Waals surface area contributed by atoms with Crippen LogP contribution in [0.25, 0.3) is 0 Å². The van der Waals surface area contributed by atoms with Gasteiger partial charge in [-0.3, -0.25) is 19.7 Å². The van der Waals surface area contributed by atoms with Crippen molar-refractivity contribution in [2.75, 3.05) is 11.4 Å². The van der Waals surface area contributed by atoms with E-state index in [1.54, 1.807) is 4.90 Å². The van der Waals surface area contributed by atoms with E-state index >= 15 is 0 Å². The molecule has 1 saturated heterocycles. The molecule has 0 spiro atoms. The highest BCUT2D eigenvalue weighted by Crippen LogP contribution is 2.32. The fraction of sp³-hybridized carbons (Fsp3) is 0.357. The van der Waals surface area contributed by atoms with Gasteiger partial charge in [0.1, 0.15) is 6.04 Å². The monoisotopic (exact) mass is 274 g/mol. The van der Waals surface area contributed by atoms with Gasteiger partial charge in [0.2, 0.25) is 11.8 Å². The van der Waals surface area contributed by atoms with Gasteiger partial charge in [-0.05, 0) is 18.1 Å². The van der Waals surface area contributed by atoms with Gasteiger partial charge in [0.15, 0.2) is 0 Å². The number of nitrogens with zero attached hydrogens (tertiary/aromatic N) is 1. The summed E-state index contributed by atoms with van der Waals surface area (Å²) < 4.78 is 0. The number of hydrogen-bond acceptors (Lipinski definition) is 4. The first-order valence-electron chi connectivity index (χ1n) is 6.47. The van der Waals surface area contributed by atoms with Crippen LogP contribution >= 0.6 is 0 Å². The second-order valence-corrected chi connectivity index (χ2v) is 5.15. The van der Waals surface area contributed by atoms with Gasteiger partial charge in [-0.15, -0.1) is 0 Å². The Kier molecular flexibility index (Phi) is 2.93. The van der Waals surface area contributed by atoms with E-state index in [1.807, 2.05) is 24.3 Å². The lowest BCUT2D eigenvalue weighted by atomic mass is 9.91. The predicted octanol–water partition coefficient (Wildman–Crippen LogP) is 0.165. The minimum atomic E-state index is -0.880. The third-order valence-electron chi connectivity index (χ3n) is 3.85. The van der Waals surface area contributed by atoms with Crippen molar-refractivity contribution >= 4 is 23.5 Å². The normalized spacial score (nSPS) is 25.3. The zero-order valence-corrected chi connectivity index (χ0v) is 10.7. The quantitative estimate of drug-likeness (QED) is 0.750. The average Bonchev–Trinajstić information content (AvgIpc) is 2.76. The molecule has 0 saturated carbocycles. The Balaban J connectivity index is 1.98. The van der Waals surface area contributed by atoms with E-state index in [-0.39, 0.29) is 24.8 Å². The number of imide groups is 1. The summed E-state index contributed by atoms with van der Waals surface area (Å²) in [5.41, 5.74) is 1.75. The molecule has 2 amide bonds. The number of anilines is 1. The highest BCUT2D eigenvalue weighted by atomic mass is 16.4. The Morgan fingerprint density at radius 1 is 1.25 bits per heavy atom. The molecule has 20 heavy (non-hydrogen) atoms. The minimum Gasteiger partial charge on any atom is -0.481 e. The maximum absolute atomic E-state index is 11.8. The standard InChI is InChI=1S/C14H14N2O4/c17-12-6-11(13(18)15-12)16-7-9(14(19)20)5-8-3-1-2-4-10(8)16/h1-4,9,11H,5-7H2,(H,19,20)(H,15,17,18). The summed E-state index contributed by atoms with van der Waals surface area (Å²) in [6.45, 7) is 0.248. The molecule has 1 fully saturated rings. The van der Waals surface area contributed by atoms with Gasteiger partial charge in [-0.1, -0.05) is 18.2 Å². The molecule has 1 aromatic carbocycles. The molecule has 2 aliphatic rings. The van der Waals surface area contributed by atoms with Crippen LogP contribution in [0.5, 0.6) is 0 Å². The van der Waals surface area contributed by atoms with E-state index in [0.29, 0.717) is 6.42 Å². The van der Waals surface area contributed by atoms with E-state index in [2.05, 4.69) is 5.32 Å². The van der Waals surface area contributed by atoms with Crippen LogP contribution in [0.2, 0.25) is 0 Å². The topological polar surface area (TPSA) is 86.7 Å². The molecule has 6 heteroatoms. The number of carboxylic acids is 1. The molecule has 0 radical (unpaired) electrons. The van der Waals surface area contributed by atoms with Gasteiger partial charge in [0, 0.05) is 12.2 Å². The average molecular weight is 274 g/mol. The first kappa shape index (κ1) is 12.7. The molecule has 2 N–H and O–H groups in total. The second-order valence-electron chi connectivity index (χ2n) is 5.15. The predicted molar refractivity (Wildman–Crippen MR) is 70.2 cm³/mol. The van der Waals surface area contributed by atoms with Crippen LogP contribution in [0.3, 0.4) is 0 Å². The van der Waals surface area contributed by atoms with Crippen LogP contribution in [0.4, 0.5) is 5.69 Å². The Morgan fingerprint density at radius 2 is 2.00 bits per heavy atom. The molecule has 6 nitrogen and oxygen atoms in total. The zero-order valence-electron chi connectivity index (χ0n) is 10.7. The molecule has 1 aromatic rings. The molecule has 0 aliphatic carbocycles. The van der Waals surface area contributed by atoms with Crippen molar-refractivity contribution in [1.82, 2.24) is 5.32 Å². The van der Waals surface area contributed by atoms with Gasteiger partial charge < -0.3 is 10.0 Å². The van der Waals surface area contributed by atoms with Crippen LogP contribution in [0.15, 0.2) is 24.3 Å². The summed E-state index contributed by atoms with van der Waals surface area (Å²) in [7, 11) is 0. The number of fused-ring (bicyclic) bond motifs is 1. The Hall–Kier alpha value is -2.37. The number of nitrogens with one attached hydrogen (secondary N) is 1. The van der Waals surface area contributed by atoms with E-state index < -0.39 is 17.9 Å². The Labute approximate surface area is 115 Å². The van der Waals surface area contributed by atoms with Gasteiger partial charge in [-0.2, -0.15) is 0 Å². The molecule has 0 bridgehead atoms. The van der Waals surface area contributed by atoms with Crippen LogP contribution in [-0.4, -0.2) is 35.5 Å². The van der Waals surface area contributed by atoms with Gasteiger partial charge in [0.05, 0.1) is 12.3 Å². The third-order valence-corrected chi connectivity index (χ3v) is 3.85. The zero-order chi connectivity index (χ0) is 14.3. The lowest BCUT2D eigenvalue weighted by Crippen LogP contribution is -2.47. The van der Waals surface area contributed by atoms with Gasteiger partial charge >= 0.3 is 5.97 Å². The molecule has 2 aliphatic heterocycles. The van der Waals surface area contributed by atoms with Crippen molar-refractivity contribution in [2.24, 2.45) is 5.92 Å². The Bertz CT molecular complexity index is 599. The second kappa shape index (κ2) is 4.63. The van der Waals surface area contributed by atoms with Gasteiger partial charge in [0.25, 0.3) is 0 Å². The molecule has 2 unspecified atom stereocenters. The molecule has 104 valence electrons. The third kappa shape index (κ3) is 2.03. The van der Waals surface area contributed by atoms with E-state index in [0.717, 1.165) is 11.3 Å². The highest BCUT2D eigenvalue weighted by molar-refractivity contribution is 6.07. The van der Waals surface area contributed by atoms with Crippen LogP contribution < -0.4 is 10.2 Å². The summed E-state index contributed by atoms with van der Waals surface area (Å²) in [5, 5.41) is 11.5. The van der Waals surface area contributed by atoms with E-state index in [9.17, 15) is 19.5 Å². The number of benzene rings is 1. The maximum Gasteiger partial charge on any atom is 0.308 e. The molecule has 2 heterocycles. The molecule has 0 aromatic heterocycles. The SMILES string of the molecule is O=C1CC(N2CC(C(=O)O)Cc3ccccc32)C(=O)N1. The summed E-state index contributed by atoms with van der Waals surface area (Å²) in [5.74, 6) is -2.10. The summed E-state index contributed by atoms with van der Waals surface area (Å²) in [6, 6.07) is 6.82. The number of hydrogen-bond donors (Lipinski definition) is 2. The van der Waals surface area contributed by atoms with Crippen LogP contribution in [0.1, 0.15) is 12.0 Å². The fourth-order valence-electron chi connectivity index (χ4n) is 2.88. The first-order chi connectivity index (χ1) is 9.56. The van der Waals surface area contributed by atoms with Crippen molar-refractivity contribution in [3.8, 4) is 0 Å². The summed E-state index contributed by atoms with van der Waals surface area (Å²) in [4.78, 5) is 36.2. The number of carboxylic acid groups (broad SMARTS) is 1. The summed E-state index contributed by atoms with van der Waals surface area (Å²) in [6.07, 6.45) is 0.532.